The van der Waals surface area contributed by atoms with Gasteiger partial charge in [-0.2, -0.15) is 30.0 Å². The summed E-state index contributed by atoms with van der Waals surface area (Å²) in [5.41, 5.74) is 15.1. The Bertz CT molecular complexity index is 3940. The van der Waals surface area contributed by atoms with E-state index in [1.807, 2.05) is 33.9 Å². The minimum absolute atomic E-state index is 0.143. The van der Waals surface area contributed by atoms with Crippen molar-refractivity contribution in [2.24, 2.45) is 5.92 Å². The van der Waals surface area contributed by atoms with E-state index in [4.69, 9.17) is 20.4 Å². The van der Waals surface area contributed by atoms with E-state index in [0.29, 0.717) is 54.4 Å². The van der Waals surface area contributed by atoms with Crippen molar-refractivity contribution in [1.29, 1.82) is 0 Å². The summed E-state index contributed by atoms with van der Waals surface area (Å²) in [6.07, 6.45) is 7.49. The first-order valence-corrected chi connectivity index (χ1v) is 31.9. The quantitative estimate of drug-likeness (QED) is 0.0263. The van der Waals surface area contributed by atoms with Crippen LogP contribution in [-0.4, -0.2) is 71.9 Å². The van der Waals surface area contributed by atoms with Gasteiger partial charge in [0.2, 0.25) is 0 Å². The van der Waals surface area contributed by atoms with Crippen LogP contribution in [0.3, 0.4) is 0 Å². The first-order chi connectivity index (χ1) is 43.6. The van der Waals surface area contributed by atoms with Crippen LogP contribution in [0.25, 0.3) is 44.3 Å². The number of fused-ring (bicyclic) bond motifs is 4. The van der Waals surface area contributed by atoms with E-state index in [2.05, 4.69) is 185 Å². The molecule has 0 saturated heterocycles. The average Bonchev–Trinajstić information content (AvgIpc) is 1.66. The molecule has 4 heterocycles. The van der Waals surface area contributed by atoms with Crippen LogP contribution in [0.1, 0.15) is 107 Å². The second kappa shape index (κ2) is 27.5. The fourth-order valence-corrected chi connectivity index (χ4v) is 12.3. The third-order valence-electron chi connectivity index (χ3n) is 16.2. The van der Waals surface area contributed by atoms with E-state index in [-0.39, 0.29) is 23.6 Å². The molecule has 15 heteroatoms. The lowest BCUT2D eigenvalue weighted by Gasteiger charge is -2.25. The number of unbranched alkanes of at least 4 members (excludes halogenated alkanes) is 6. The van der Waals surface area contributed by atoms with Crippen molar-refractivity contribution >= 4 is 95.7 Å². The number of nitrogens with zero attached hydrogens (tertiary/aromatic N) is 10. The SMILES string of the molecule is CC(C)C[n+]1nc2c(-c3ccc(N(c4ccccc4)c4ccccc4)cc3)c3nn(CCCCCCN4C(=O)c5ccccc5C4=O)nc3c(-c3ccc(N(c4ccccc4)c4ccccc4)cc3)c2[n-]1.O=C1c2ccccc2C(=O)N1CCCCCCBr. The molecular weight excluding hydrogens is 1170 g/mol. The summed E-state index contributed by atoms with van der Waals surface area (Å²) >= 11 is 3.39. The monoisotopic (exact) mass is 1240 g/mol. The first kappa shape index (κ1) is 59.5. The van der Waals surface area contributed by atoms with Gasteiger partial charge < -0.3 is 9.80 Å². The Kier molecular flexibility index (Phi) is 18.3. The first-order valence-electron chi connectivity index (χ1n) is 30.8. The van der Waals surface area contributed by atoms with Crippen LogP contribution >= 0.6 is 15.9 Å². The molecule has 0 N–H and O–H groups in total. The second-order valence-electron chi connectivity index (χ2n) is 22.8. The van der Waals surface area contributed by atoms with Gasteiger partial charge in [0, 0.05) is 80.6 Å². The molecule has 0 bridgehead atoms. The van der Waals surface area contributed by atoms with E-state index in [9.17, 15) is 19.2 Å². The van der Waals surface area contributed by atoms with Crippen LogP contribution in [0.2, 0.25) is 0 Å². The number of anilines is 6. The normalized spacial score (nSPS) is 12.7. The minimum Gasteiger partial charge on any atom is -0.311 e. The van der Waals surface area contributed by atoms with E-state index >= 15 is 0 Å². The van der Waals surface area contributed by atoms with Crippen molar-refractivity contribution in [2.75, 3.05) is 28.2 Å². The molecule has 0 spiro atoms. The maximum atomic E-state index is 13.0. The van der Waals surface area contributed by atoms with Crippen molar-refractivity contribution in [1.82, 2.24) is 35.0 Å². The number of hydrogen-bond acceptors (Lipinski definition) is 9. The molecule has 14 nitrogen and oxygen atoms in total. The highest BCUT2D eigenvalue weighted by Crippen LogP contribution is 2.43. The maximum Gasteiger partial charge on any atom is 0.261 e. The van der Waals surface area contributed by atoms with Crippen LogP contribution in [-0.2, 0) is 13.1 Å². The molecule has 0 saturated carbocycles. The summed E-state index contributed by atoms with van der Waals surface area (Å²) in [7, 11) is 0. The molecule has 0 aliphatic carbocycles. The molecule has 2 aliphatic rings. The fraction of sp³-hybridized carbons (Fsp3) is 0.216. The number of para-hydroxylation sites is 4. The highest BCUT2D eigenvalue weighted by atomic mass is 79.9. The van der Waals surface area contributed by atoms with Crippen molar-refractivity contribution in [3.63, 3.8) is 0 Å². The van der Waals surface area contributed by atoms with Crippen molar-refractivity contribution in [3.8, 4) is 22.3 Å². The maximum absolute atomic E-state index is 13.0. The Morgan fingerprint density at radius 2 is 0.742 bits per heavy atom. The number of aryl methyl sites for hydroxylation is 1. The van der Waals surface area contributed by atoms with Gasteiger partial charge in [-0.05, 0) is 134 Å². The predicted molar refractivity (Wildman–Crippen MR) is 356 cm³/mol. The van der Waals surface area contributed by atoms with Crippen LogP contribution in [0, 0.1) is 5.92 Å². The van der Waals surface area contributed by atoms with Gasteiger partial charge in [0.15, 0.2) is 6.54 Å². The third-order valence-corrected chi connectivity index (χ3v) is 16.7. The van der Waals surface area contributed by atoms with Crippen LogP contribution < -0.4 is 19.7 Å². The summed E-state index contributed by atoms with van der Waals surface area (Å²) in [6, 6.07) is 73.0. The second-order valence-corrected chi connectivity index (χ2v) is 23.6. The summed E-state index contributed by atoms with van der Waals surface area (Å²) in [4.78, 5) is 61.0. The lowest BCUT2D eigenvalue weighted by molar-refractivity contribution is -0.808. The predicted octanol–water partition coefficient (Wildman–Crippen LogP) is 16.2. The number of amides is 4. The average molecular weight is 1240 g/mol. The van der Waals surface area contributed by atoms with Gasteiger partial charge in [-0.1, -0.05) is 177 Å². The molecule has 13 rings (SSSR count). The fourth-order valence-electron chi connectivity index (χ4n) is 11.9. The number of rotatable bonds is 23. The molecule has 4 amide bonds. The molecule has 9 aromatic carbocycles. The molecule has 446 valence electrons. The smallest absolute Gasteiger partial charge is 0.261 e. The van der Waals surface area contributed by atoms with Crippen LogP contribution in [0.15, 0.2) is 218 Å². The van der Waals surface area contributed by atoms with E-state index in [0.717, 1.165) is 135 Å². The number of aromatic nitrogens is 6. The number of carbonyl (C=O) groups excluding carboxylic acids is 4. The largest absolute Gasteiger partial charge is 0.311 e. The molecule has 0 fully saturated rings. The Morgan fingerprint density at radius 1 is 0.404 bits per heavy atom. The van der Waals surface area contributed by atoms with Gasteiger partial charge in [-0.25, -0.2) is 0 Å². The molecule has 2 aliphatic heterocycles. The number of halogens is 1. The number of hydrogen-bond donors (Lipinski definition) is 0. The van der Waals surface area contributed by atoms with Crippen molar-refractivity contribution in [2.45, 2.75) is 78.3 Å². The Balaban J connectivity index is 0.000000367. The van der Waals surface area contributed by atoms with E-state index < -0.39 is 0 Å². The highest BCUT2D eigenvalue weighted by Gasteiger charge is 2.36. The number of carbonyl (C=O) groups is 4. The molecule has 2 aromatic heterocycles. The summed E-state index contributed by atoms with van der Waals surface area (Å²) in [5.74, 6) is -0.384. The Hall–Kier alpha value is -9.86. The zero-order valence-corrected chi connectivity index (χ0v) is 51.6. The molecule has 0 radical (unpaired) electrons. The topological polar surface area (TPSA) is 143 Å². The molecular formula is C74H69BrN10O4. The van der Waals surface area contributed by atoms with Crippen LogP contribution in [0.4, 0.5) is 34.1 Å². The lowest BCUT2D eigenvalue weighted by atomic mass is 9.95. The van der Waals surface area contributed by atoms with Gasteiger partial charge in [0.25, 0.3) is 23.6 Å². The van der Waals surface area contributed by atoms with Gasteiger partial charge in [-0.15, -0.1) is 0 Å². The molecule has 11 aromatic rings. The third kappa shape index (κ3) is 12.8. The number of benzene rings is 9. The van der Waals surface area contributed by atoms with Gasteiger partial charge >= 0.3 is 0 Å². The highest BCUT2D eigenvalue weighted by molar-refractivity contribution is 9.09. The molecule has 89 heavy (non-hydrogen) atoms. The van der Waals surface area contributed by atoms with E-state index in [1.165, 1.54) is 9.80 Å². The Labute approximate surface area is 527 Å². The summed E-state index contributed by atoms with van der Waals surface area (Å²) in [6.45, 7) is 6.52. The zero-order chi connectivity index (χ0) is 61.2. The van der Waals surface area contributed by atoms with Gasteiger partial charge in [0.05, 0.1) is 28.8 Å². The molecule has 0 unspecified atom stereocenters. The van der Waals surface area contributed by atoms with Gasteiger partial charge in [-0.3, -0.25) is 29.0 Å². The standard InChI is InChI=1S/C60H53N9O2.C14H16BrNO2/c1-42(2)41-67-63-57-53(43-31-35-49(36-32-43)68(45-21-9-5-10-22-45)46-23-11-6-12-24-46)55-56(62-66(61-55)40-20-4-3-19-39-65-59(70)51-29-17-18-30-52(51)60(65)71)54(58(57)64-67)44-33-37-50(38-34-44)69(47-25-13-7-14-26-47)48-27-15-8-16-28-48;15-9-5-1-2-6-10-16-13(17)11-7-3-4-8-12(11)14(16)18/h5-18,21-38,42H,3-4,19-20,39-41H2,1-2H3;3-4,7-8H,1-2,5-6,9-10H2. The number of alkyl halides is 1. The van der Waals surface area contributed by atoms with Gasteiger partial charge in [0.1, 0.15) is 11.0 Å². The lowest BCUT2D eigenvalue weighted by Crippen LogP contribution is -2.42. The summed E-state index contributed by atoms with van der Waals surface area (Å²) in [5, 5.41) is 22.2. The van der Waals surface area contributed by atoms with Crippen LogP contribution in [0.5, 0.6) is 0 Å². The summed E-state index contributed by atoms with van der Waals surface area (Å²) < 4.78 is 0. The number of imide groups is 2. The zero-order valence-electron chi connectivity index (χ0n) is 50.0. The Morgan fingerprint density at radius 3 is 1.12 bits per heavy atom. The molecule has 0 atom stereocenters. The van der Waals surface area contributed by atoms with Crippen molar-refractivity contribution in [3.05, 3.63) is 241 Å². The van der Waals surface area contributed by atoms with E-state index in [1.54, 1.807) is 48.5 Å². The minimum atomic E-state index is -0.207. The van der Waals surface area contributed by atoms with Crippen molar-refractivity contribution < 1.29 is 24.0 Å².